The zero-order chi connectivity index (χ0) is 22.6. The lowest BCUT2D eigenvalue weighted by Crippen LogP contribution is -2.23. The number of halogens is 1. The van der Waals surface area contributed by atoms with E-state index in [1.807, 2.05) is 36.4 Å². The van der Waals surface area contributed by atoms with Gasteiger partial charge in [-0.3, -0.25) is 14.9 Å². The highest BCUT2D eigenvalue weighted by Crippen LogP contribution is 2.28. The van der Waals surface area contributed by atoms with E-state index in [9.17, 15) is 14.9 Å². The number of carbonyl (C=O) groups is 1. The first-order valence-electron chi connectivity index (χ1n) is 10.0. The summed E-state index contributed by atoms with van der Waals surface area (Å²) in [5.41, 5.74) is 3.78. The third-order valence-corrected chi connectivity index (χ3v) is 5.91. The van der Waals surface area contributed by atoms with Gasteiger partial charge in [-0.25, -0.2) is 0 Å². The van der Waals surface area contributed by atoms with Gasteiger partial charge in [0.2, 0.25) is 5.91 Å². The monoisotopic (exact) mass is 528 g/mol. The van der Waals surface area contributed by atoms with Gasteiger partial charge in [-0.15, -0.1) is 0 Å². The maximum Gasteiger partial charge on any atom is 0.269 e. The average molecular weight is 528 g/mol. The Morgan fingerprint density at radius 3 is 2.06 bits per heavy atom. The van der Waals surface area contributed by atoms with Gasteiger partial charge in [-0.05, 0) is 75.4 Å². The van der Waals surface area contributed by atoms with Crippen molar-refractivity contribution in [2.45, 2.75) is 38.5 Å². The minimum atomic E-state index is -0.422. The largest absolute Gasteiger partial charge is 0.326 e. The quantitative estimate of drug-likeness (QED) is 0.227. The number of nitro groups is 1. The molecular formula is C25H25IN2O3. The zero-order valence-electron chi connectivity index (χ0n) is 17.8. The minimum absolute atomic E-state index is 0.0236. The van der Waals surface area contributed by atoms with E-state index in [-0.39, 0.29) is 17.0 Å². The van der Waals surface area contributed by atoms with Crippen LogP contribution in [0, 0.1) is 13.7 Å². The molecule has 0 aliphatic carbocycles. The second kappa shape index (κ2) is 9.60. The molecule has 0 aliphatic rings. The van der Waals surface area contributed by atoms with Gasteiger partial charge in [0.25, 0.3) is 5.69 Å². The van der Waals surface area contributed by atoms with Crippen LogP contribution in [0.1, 0.15) is 43.4 Å². The Kier molecular flexibility index (Phi) is 7.10. The van der Waals surface area contributed by atoms with Crippen LogP contribution in [0.15, 0.2) is 72.8 Å². The Morgan fingerprint density at radius 1 is 0.968 bits per heavy atom. The molecular weight excluding hydrogens is 503 g/mol. The van der Waals surface area contributed by atoms with Crippen molar-refractivity contribution in [1.29, 1.82) is 0 Å². The van der Waals surface area contributed by atoms with E-state index >= 15 is 0 Å². The average Bonchev–Trinajstić information content (AvgIpc) is 2.73. The van der Waals surface area contributed by atoms with E-state index in [4.69, 9.17) is 0 Å². The molecule has 0 aliphatic heterocycles. The topological polar surface area (TPSA) is 72.2 Å². The molecule has 3 aromatic rings. The predicted molar refractivity (Wildman–Crippen MR) is 132 cm³/mol. The summed E-state index contributed by atoms with van der Waals surface area (Å²) in [6.07, 6.45) is 0.447. The van der Waals surface area contributed by atoms with Gasteiger partial charge in [0.1, 0.15) is 0 Å². The van der Waals surface area contributed by atoms with Crippen LogP contribution in [-0.4, -0.2) is 10.8 Å². The molecule has 6 heteroatoms. The normalized spacial score (nSPS) is 12.3. The molecule has 0 saturated carbocycles. The highest BCUT2D eigenvalue weighted by Gasteiger charge is 2.23. The standard InChI is InChI=1S/C25H25IN2O3/c1-25(2,3)19-8-6-18(7-9-19)23(16-17-4-14-22(15-5-17)28(30)31)24(29)27-21-12-10-20(26)11-13-21/h4-15,23H,16H2,1-3H3,(H,27,29). The van der Waals surface area contributed by atoms with E-state index < -0.39 is 10.8 Å². The van der Waals surface area contributed by atoms with Crippen molar-refractivity contribution >= 4 is 39.9 Å². The molecule has 0 spiro atoms. The van der Waals surface area contributed by atoms with Gasteiger partial charge in [0, 0.05) is 21.4 Å². The molecule has 0 saturated heterocycles. The van der Waals surface area contributed by atoms with Crippen molar-refractivity contribution in [3.63, 3.8) is 0 Å². The number of non-ortho nitro benzene ring substituents is 1. The van der Waals surface area contributed by atoms with Crippen molar-refractivity contribution < 1.29 is 9.72 Å². The second-order valence-electron chi connectivity index (χ2n) is 8.55. The number of carbonyl (C=O) groups excluding carboxylic acids is 1. The molecule has 0 bridgehead atoms. The van der Waals surface area contributed by atoms with Crippen molar-refractivity contribution in [2.75, 3.05) is 5.32 Å². The van der Waals surface area contributed by atoms with E-state index in [1.165, 1.54) is 17.7 Å². The molecule has 1 amide bonds. The van der Waals surface area contributed by atoms with E-state index in [0.29, 0.717) is 6.42 Å². The lowest BCUT2D eigenvalue weighted by atomic mass is 9.84. The van der Waals surface area contributed by atoms with Crippen LogP contribution in [0.5, 0.6) is 0 Å². The number of rotatable bonds is 6. The summed E-state index contributed by atoms with van der Waals surface area (Å²) < 4.78 is 1.09. The molecule has 1 atom stereocenters. The number of amides is 1. The molecule has 31 heavy (non-hydrogen) atoms. The van der Waals surface area contributed by atoms with Gasteiger partial charge in [-0.2, -0.15) is 0 Å². The fourth-order valence-electron chi connectivity index (χ4n) is 3.33. The summed E-state index contributed by atoms with van der Waals surface area (Å²) in [7, 11) is 0. The molecule has 3 rings (SSSR count). The lowest BCUT2D eigenvalue weighted by molar-refractivity contribution is -0.384. The number of hydrogen-bond acceptors (Lipinski definition) is 3. The summed E-state index contributed by atoms with van der Waals surface area (Å²) >= 11 is 2.22. The van der Waals surface area contributed by atoms with Crippen LogP contribution in [0.2, 0.25) is 0 Å². The molecule has 3 aromatic carbocycles. The summed E-state index contributed by atoms with van der Waals surface area (Å²) in [6.45, 7) is 6.46. The molecule has 0 fully saturated rings. The first kappa shape index (κ1) is 22.9. The highest BCUT2D eigenvalue weighted by atomic mass is 127. The van der Waals surface area contributed by atoms with E-state index in [1.54, 1.807) is 12.1 Å². The number of nitrogens with one attached hydrogen (secondary N) is 1. The van der Waals surface area contributed by atoms with Crippen LogP contribution in [-0.2, 0) is 16.6 Å². The van der Waals surface area contributed by atoms with Crippen LogP contribution in [0.4, 0.5) is 11.4 Å². The van der Waals surface area contributed by atoms with E-state index in [2.05, 4.69) is 60.8 Å². The number of anilines is 1. The summed E-state index contributed by atoms with van der Waals surface area (Å²) in [5, 5.41) is 14.0. The lowest BCUT2D eigenvalue weighted by Gasteiger charge is -2.22. The Balaban J connectivity index is 1.89. The predicted octanol–water partition coefficient (Wildman–Crippen LogP) is 6.46. The minimum Gasteiger partial charge on any atom is -0.326 e. The molecule has 160 valence electrons. The number of nitrogens with zero attached hydrogens (tertiary/aromatic N) is 1. The van der Waals surface area contributed by atoms with E-state index in [0.717, 1.165) is 20.4 Å². The first-order chi connectivity index (χ1) is 14.6. The van der Waals surface area contributed by atoms with Crippen LogP contribution in [0.3, 0.4) is 0 Å². The Bertz CT molecular complexity index is 1050. The summed E-state index contributed by atoms with van der Waals surface area (Å²) in [5.74, 6) is -0.530. The van der Waals surface area contributed by atoms with Crippen molar-refractivity contribution in [3.05, 3.63) is 103 Å². The second-order valence-corrected chi connectivity index (χ2v) is 9.79. The third-order valence-electron chi connectivity index (χ3n) is 5.19. The zero-order valence-corrected chi connectivity index (χ0v) is 19.9. The number of nitro benzene ring substituents is 1. The van der Waals surface area contributed by atoms with Gasteiger partial charge < -0.3 is 5.32 Å². The Hall–Kier alpha value is -2.74. The summed E-state index contributed by atoms with van der Waals surface area (Å²) in [6, 6.07) is 22.2. The SMILES string of the molecule is CC(C)(C)c1ccc(C(Cc2ccc([N+](=O)[O-])cc2)C(=O)Nc2ccc(I)cc2)cc1. The Labute approximate surface area is 196 Å². The van der Waals surface area contributed by atoms with Gasteiger partial charge in [0.15, 0.2) is 0 Å². The maximum absolute atomic E-state index is 13.2. The van der Waals surface area contributed by atoms with Crippen LogP contribution >= 0.6 is 22.6 Å². The van der Waals surface area contributed by atoms with Crippen molar-refractivity contribution in [1.82, 2.24) is 0 Å². The molecule has 1 N–H and O–H groups in total. The highest BCUT2D eigenvalue weighted by molar-refractivity contribution is 14.1. The molecule has 0 heterocycles. The van der Waals surface area contributed by atoms with Crippen molar-refractivity contribution in [3.8, 4) is 0 Å². The number of benzene rings is 3. The van der Waals surface area contributed by atoms with Crippen LogP contribution < -0.4 is 5.32 Å². The number of hydrogen-bond donors (Lipinski definition) is 1. The Morgan fingerprint density at radius 2 is 1.55 bits per heavy atom. The van der Waals surface area contributed by atoms with Gasteiger partial charge >= 0.3 is 0 Å². The van der Waals surface area contributed by atoms with Crippen molar-refractivity contribution in [2.24, 2.45) is 0 Å². The maximum atomic E-state index is 13.2. The fourth-order valence-corrected chi connectivity index (χ4v) is 3.69. The molecule has 0 radical (unpaired) electrons. The molecule has 1 unspecified atom stereocenters. The van der Waals surface area contributed by atoms with Crippen LogP contribution in [0.25, 0.3) is 0 Å². The van der Waals surface area contributed by atoms with Gasteiger partial charge in [0.05, 0.1) is 10.8 Å². The summed E-state index contributed by atoms with van der Waals surface area (Å²) in [4.78, 5) is 23.8. The molecule has 5 nitrogen and oxygen atoms in total. The third kappa shape index (κ3) is 6.13. The molecule has 0 aromatic heterocycles. The first-order valence-corrected chi connectivity index (χ1v) is 11.1. The van der Waals surface area contributed by atoms with Gasteiger partial charge in [-0.1, -0.05) is 57.2 Å². The smallest absolute Gasteiger partial charge is 0.269 e. The fraction of sp³-hybridized carbons (Fsp3) is 0.240.